The van der Waals surface area contributed by atoms with Gasteiger partial charge in [-0.3, -0.25) is 0 Å². The number of H-pyrrole nitrogens is 1. The van der Waals surface area contributed by atoms with Crippen LogP contribution in [0.2, 0.25) is 0 Å². The zero-order valence-corrected chi connectivity index (χ0v) is 15.1. The SMILES string of the molecule is O=C(NCCc1ccccc1)Nc1ccc2c(c1)N(Cc1c[nH]cn1)CC2. The Morgan fingerprint density at radius 2 is 2.07 bits per heavy atom. The van der Waals surface area contributed by atoms with Crippen LogP contribution >= 0.6 is 0 Å². The van der Waals surface area contributed by atoms with Gasteiger partial charge in [0.15, 0.2) is 0 Å². The lowest BCUT2D eigenvalue weighted by molar-refractivity contribution is 0.252. The Kier molecular flexibility index (Phi) is 5.05. The third-order valence-electron chi connectivity index (χ3n) is 4.78. The molecule has 3 aromatic rings. The average Bonchev–Trinajstić information content (AvgIpc) is 3.33. The number of hydrogen-bond donors (Lipinski definition) is 3. The van der Waals surface area contributed by atoms with Crippen LogP contribution in [0.3, 0.4) is 0 Å². The summed E-state index contributed by atoms with van der Waals surface area (Å²) in [6.07, 6.45) is 5.45. The summed E-state index contributed by atoms with van der Waals surface area (Å²) in [7, 11) is 0. The van der Waals surface area contributed by atoms with E-state index in [2.05, 4.69) is 43.7 Å². The van der Waals surface area contributed by atoms with Gasteiger partial charge in [-0.1, -0.05) is 36.4 Å². The molecule has 0 aliphatic carbocycles. The Hall–Kier alpha value is -3.28. The molecule has 2 heterocycles. The van der Waals surface area contributed by atoms with Gasteiger partial charge in [0.1, 0.15) is 0 Å². The quantitative estimate of drug-likeness (QED) is 0.630. The number of nitrogens with one attached hydrogen (secondary N) is 3. The monoisotopic (exact) mass is 361 g/mol. The van der Waals surface area contributed by atoms with Crippen molar-refractivity contribution in [3.05, 3.63) is 77.9 Å². The van der Waals surface area contributed by atoms with E-state index in [-0.39, 0.29) is 6.03 Å². The van der Waals surface area contributed by atoms with Crippen molar-refractivity contribution in [3.8, 4) is 0 Å². The number of hydrogen-bond acceptors (Lipinski definition) is 3. The molecule has 2 aromatic carbocycles. The van der Waals surface area contributed by atoms with E-state index in [1.54, 1.807) is 6.33 Å². The van der Waals surface area contributed by atoms with Gasteiger partial charge in [0.05, 0.1) is 18.6 Å². The fourth-order valence-corrected chi connectivity index (χ4v) is 3.40. The van der Waals surface area contributed by atoms with Gasteiger partial charge in [0.25, 0.3) is 0 Å². The molecule has 0 fully saturated rings. The Labute approximate surface area is 158 Å². The van der Waals surface area contributed by atoms with Crippen LogP contribution < -0.4 is 15.5 Å². The normalized spacial score (nSPS) is 12.7. The lowest BCUT2D eigenvalue weighted by Gasteiger charge is -2.19. The maximum Gasteiger partial charge on any atom is 0.319 e. The largest absolute Gasteiger partial charge is 0.365 e. The lowest BCUT2D eigenvalue weighted by Crippen LogP contribution is -2.30. The smallest absolute Gasteiger partial charge is 0.319 e. The maximum absolute atomic E-state index is 12.2. The van der Waals surface area contributed by atoms with Gasteiger partial charge in [0.2, 0.25) is 0 Å². The topological polar surface area (TPSA) is 73.1 Å². The molecule has 138 valence electrons. The van der Waals surface area contributed by atoms with E-state index in [0.29, 0.717) is 6.54 Å². The number of aromatic nitrogens is 2. The van der Waals surface area contributed by atoms with E-state index in [4.69, 9.17) is 0 Å². The Bertz CT molecular complexity index is 892. The maximum atomic E-state index is 12.2. The highest BCUT2D eigenvalue weighted by atomic mass is 16.2. The van der Waals surface area contributed by atoms with Crippen molar-refractivity contribution >= 4 is 17.4 Å². The van der Waals surface area contributed by atoms with Crippen molar-refractivity contribution in [3.63, 3.8) is 0 Å². The summed E-state index contributed by atoms with van der Waals surface area (Å²) in [6.45, 7) is 2.34. The van der Waals surface area contributed by atoms with Crippen LogP contribution in [-0.4, -0.2) is 29.1 Å². The average molecular weight is 361 g/mol. The molecule has 0 bridgehead atoms. The number of benzene rings is 2. The molecule has 0 unspecified atom stereocenters. The van der Waals surface area contributed by atoms with Crippen LogP contribution in [0, 0.1) is 0 Å². The highest BCUT2D eigenvalue weighted by Gasteiger charge is 2.20. The second kappa shape index (κ2) is 7.95. The summed E-state index contributed by atoms with van der Waals surface area (Å²) in [5, 5.41) is 5.86. The van der Waals surface area contributed by atoms with E-state index < -0.39 is 0 Å². The molecule has 0 spiro atoms. The van der Waals surface area contributed by atoms with Crippen molar-refractivity contribution in [2.45, 2.75) is 19.4 Å². The van der Waals surface area contributed by atoms with Crippen LogP contribution in [0.25, 0.3) is 0 Å². The van der Waals surface area contributed by atoms with Crippen LogP contribution in [-0.2, 0) is 19.4 Å². The van der Waals surface area contributed by atoms with E-state index in [9.17, 15) is 4.79 Å². The summed E-state index contributed by atoms with van der Waals surface area (Å²) >= 11 is 0. The molecular weight excluding hydrogens is 338 g/mol. The fourth-order valence-electron chi connectivity index (χ4n) is 3.40. The number of carbonyl (C=O) groups excluding carboxylic acids is 1. The number of imidazole rings is 1. The molecule has 3 N–H and O–H groups in total. The van der Waals surface area contributed by atoms with Crippen molar-refractivity contribution in [1.29, 1.82) is 0 Å². The van der Waals surface area contributed by atoms with E-state index in [0.717, 1.165) is 37.3 Å². The number of nitrogens with zero attached hydrogens (tertiary/aromatic N) is 2. The van der Waals surface area contributed by atoms with E-state index >= 15 is 0 Å². The number of urea groups is 1. The summed E-state index contributed by atoms with van der Waals surface area (Å²) in [6, 6.07) is 16.1. The summed E-state index contributed by atoms with van der Waals surface area (Å²) in [5.41, 5.74) is 5.50. The summed E-state index contributed by atoms with van der Waals surface area (Å²) in [4.78, 5) is 21.8. The predicted octanol–water partition coefficient (Wildman–Crippen LogP) is 3.34. The van der Waals surface area contributed by atoms with Gasteiger partial charge in [-0.15, -0.1) is 0 Å². The molecule has 4 rings (SSSR count). The molecule has 6 heteroatoms. The highest BCUT2D eigenvalue weighted by Crippen LogP contribution is 2.31. The number of aromatic amines is 1. The minimum atomic E-state index is -0.178. The van der Waals surface area contributed by atoms with Crippen molar-refractivity contribution < 1.29 is 4.79 Å². The van der Waals surface area contributed by atoms with Crippen LogP contribution in [0.4, 0.5) is 16.2 Å². The molecule has 0 radical (unpaired) electrons. The predicted molar refractivity (Wildman–Crippen MR) is 107 cm³/mol. The highest BCUT2D eigenvalue weighted by molar-refractivity contribution is 5.90. The third kappa shape index (κ3) is 4.28. The number of amides is 2. The third-order valence-corrected chi connectivity index (χ3v) is 4.78. The number of anilines is 2. The molecular formula is C21H23N5O. The fraction of sp³-hybridized carbons (Fsp3) is 0.238. The van der Waals surface area contributed by atoms with Gasteiger partial charge in [-0.05, 0) is 36.1 Å². The molecule has 1 aromatic heterocycles. The zero-order chi connectivity index (χ0) is 18.5. The molecule has 0 saturated heterocycles. The second-order valence-electron chi connectivity index (χ2n) is 6.69. The number of fused-ring (bicyclic) bond motifs is 1. The second-order valence-corrected chi connectivity index (χ2v) is 6.69. The van der Waals surface area contributed by atoms with E-state index in [1.165, 1.54) is 16.8 Å². The first-order valence-electron chi connectivity index (χ1n) is 9.22. The molecule has 27 heavy (non-hydrogen) atoms. The zero-order valence-electron chi connectivity index (χ0n) is 15.1. The first-order valence-corrected chi connectivity index (χ1v) is 9.22. The Morgan fingerprint density at radius 1 is 1.19 bits per heavy atom. The Balaban J connectivity index is 1.33. The minimum Gasteiger partial charge on any atom is -0.365 e. The molecule has 0 atom stereocenters. The summed E-state index contributed by atoms with van der Waals surface area (Å²) in [5.74, 6) is 0. The standard InChI is InChI=1S/C21H23N5O/c27-21(23-10-8-16-4-2-1-3-5-16)25-18-7-6-17-9-11-26(20(17)12-18)14-19-13-22-15-24-19/h1-7,12-13,15H,8-11,14H2,(H,22,24)(H2,23,25,27). The van der Waals surface area contributed by atoms with Gasteiger partial charge >= 0.3 is 6.03 Å². The van der Waals surface area contributed by atoms with Crippen molar-refractivity contribution in [2.75, 3.05) is 23.3 Å². The van der Waals surface area contributed by atoms with Crippen LogP contribution in [0.1, 0.15) is 16.8 Å². The molecule has 1 aliphatic heterocycles. The van der Waals surface area contributed by atoms with Crippen molar-refractivity contribution in [1.82, 2.24) is 15.3 Å². The molecule has 2 amide bonds. The summed E-state index contributed by atoms with van der Waals surface area (Å²) < 4.78 is 0. The van der Waals surface area contributed by atoms with Crippen LogP contribution in [0.15, 0.2) is 61.1 Å². The lowest BCUT2D eigenvalue weighted by atomic mass is 10.1. The first kappa shape index (κ1) is 17.1. The number of rotatable bonds is 6. The molecule has 0 saturated carbocycles. The van der Waals surface area contributed by atoms with Crippen LogP contribution in [0.5, 0.6) is 0 Å². The van der Waals surface area contributed by atoms with E-state index in [1.807, 2.05) is 36.5 Å². The molecule has 6 nitrogen and oxygen atoms in total. The molecule has 1 aliphatic rings. The number of carbonyl (C=O) groups is 1. The first-order chi connectivity index (χ1) is 13.3. The van der Waals surface area contributed by atoms with Gasteiger partial charge in [-0.2, -0.15) is 0 Å². The van der Waals surface area contributed by atoms with Gasteiger partial charge in [0, 0.05) is 30.7 Å². The minimum absolute atomic E-state index is 0.178. The Morgan fingerprint density at radius 3 is 2.89 bits per heavy atom. The van der Waals surface area contributed by atoms with Gasteiger partial charge < -0.3 is 20.5 Å². The van der Waals surface area contributed by atoms with Gasteiger partial charge in [-0.25, -0.2) is 9.78 Å². The van der Waals surface area contributed by atoms with Crippen molar-refractivity contribution in [2.24, 2.45) is 0 Å².